The van der Waals surface area contributed by atoms with Crippen LogP contribution in [-0.2, 0) is 14.8 Å². The van der Waals surface area contributed by atoms with Crippen LogP contribution < -0.4 is 5.32 Å². The standard InChI is InChI=1S/C22H25N3O3S2/c1-14-8-6-7-9-19(14)24-22(26)16(3)29-21-12-15(2)18-13-17(10-11-20(18)23-21)30(27,28)25(4)5/h6-13,16H,1-5H3,(H,24,26)/t16-/m1/s1. The van der Waals surface area contributed by atoms with Crippen molar-refractivity contribution in [3.63, 3.8) is 0 Å². The number of pyridine rings is 1. The summed E-state index contributed by atoms with van der Waals surface area (Å²) in [5.74, 6) is -0.0960. The van der Waals surface area contributed by atoms with Crippen molar-refractivity contribution in [2.45, 2.75) is 35.9 Å². The Kier molecular flexibility index (Phi) is 6.50. The zero-order chi connectivity index (χ0) is 22.1. The average Bonchev–Trinajstić information content (AvgIpc) is 2.69. The molecule has 0 saturated heterocycles. The van der Waals surface area contributed by atoms with Crippen LogP contribution in [0.1, 0.15) is 18.1 Å². The highest BCUT2D eigenvalue weighted by Gasteiger charge is 2.20. The minimum absolute atomic E-state index is 0.0960. The van der Waals surface area contributed by atoms with Gasteiger partial charge in [-0.05, 0) is 62.2 Å². The largest absolute Gasteiger partial charge is 0.325 e. The molecule has 1 amide bonds. The molecule has 1 heterocycles. The Morgan fingerprint density at radius 2 is 1.77 bits per heavy atom. The molecule has 0 aliphatic carbocycles. The summed E-state index contributed by atoms with van der Waals surface area (Å²) in [7, 11) is -0.496. The van der Waals surface area contributed by atoms with Gasteiger partial charge in [0.25, 0.3) is 0 Å². The summed E-state index contributed by atoms with van der Waals surface area (Å²) < 4.78 is 26.0. The van der Waals surface area contributed by atoms with Gasteiger partial charge < -0.3 is 5.32 Å². The van der Waals surface area contributed by atoms with E-state index in [9.17, 15) is 13.2 Å². The van der Waals surface area contributed by atoms with Crippen LogP contribution in [0.15, 0.2) is 58.5 Å². The normalized spacial score (nSPS) is 12.9. The van der Waals surface area contributed by atoms with E-state index >= 15 is 0 Å². The Balaban J connectivity index is 1.83. The van der Waals surface area contributed by atoms with E-state index in [0.717, 1.165) is 27.2 Å². The first-order valence-corrected chi connectivity index (χ1v) is 11.8. The van der Waals surface area contributed by atoms with E-state index in [-0.39, 0.29) is 16.1 Å². The minimum Gasteiger partial charge on any atom is -0.325 e. The summed E-state index contributed by atoms with van der Waals surface area (Å²) in [5, 5.41) is 4.11. The van der Waals surface area contributed by atoms with E-state index in [1.807, 2.05) is 51.1 Å². The number of nitrogens with one attached hydrogen (secondary N) is 1. The molecule has 1 N–H and O–H groups in total. The zero-order valence-electron chi connectivity index (χ0n) is 17.6. The summed E-state index contributed by atoms with van der Waals surface area (Å²) in [6.07, 6.45) is 0. The minimum atomic E-state index is -3.51. The molecule has 2 aromatic carbocycles. The van der Waals surface area contributed by atoms with E-state index in [1.165, 1.54) is 30.2 Å². The first-order valence-electron chi connectivity index (χ1n) is 9.46. The Morgan fingerprint density at radius 3 is 2.43 bits per heavy atom. The lowest BCUT2D eigenvalue weighted by Crippen LogP contribution is -2.23. The van der Waals surface area contributed by atoms with Gasteiger partial charge in [0.1, 0.15) is 0 Å². The van der Waals surface area contributed by atoms with Crippen LogP contribution in [0.4, 0.5) is 5.69 Å². The van der Waals surface area contributed by atoms with Crippen molar-refractivity contribution in [3.8, 4) is 0 Å². The average molecular weight is 444 g/mol. The second-order valence-electron chi connectivity index (χ2n) is 7.31. The number of carbonyl (C=O) groups is 1. The summed E-state index contributed by atoms with van der Waals surface area (Å²) in [6.45, 7) is 5.71. The van der Waals surface area contributed by atoms with Crippen LogP contribution >= 0.6 is 11.8 Å². The number of carbonyl (C=O) groups excluding carboxylic acids is 1. The van der Waals surface area contributed by atoms with Crippen LogP contribution in [-0.4, -0.2) is 43.0 Å². The fourth-order valence-electron chi connectivity index (χ4n) is 2.96. The predicted molar refractivity (Wildman–Crippen MR) is 122 cm³/mol. The van der Waals surface area contributed by atoms with Crippen molar-refractivity contribution in [2.24, 2.45) is 0 Å². The second-order valence-corrected chi connectivity index (χ2v) is 10.8. The molecule has 0 saturated carbocycles. The number of fused-ring (bicyclic) bond motifs is 1. The van der Waals surface area contributed by atoms with E-state index in [4.69, 9.17) is 0 Å². The van der Waals surface area contributed by atoms with Crippen LogP contribution in [0.25, 0.3) is 10.9 Å². The smallest absolute Gasteiger partial charge is 0.242 e. The first-order chi connectivity index (χ1) is 14.1. The van der Waals surface area contributed by atoms with Gasteiger partial charge >= 0.3 is 0 Å². The Morgan fingerprint density at radius 1 is 1.07 bits per heavy atom. The highest BCUT2D eigenvalue weighted by Crippen LogP contribution is 2.29. The van der Waals surface area contributed by atoms with E-state index in [1.54, 1.807) is 18.2 Å². The monoisotopic (exact) mass is 443 g/mol. The zero-order valence-corrected chi connectivity index (χ0v) is 19.3. The molecule has 0 aliphatic rings. The van der Waals surface area contributed by atoms with Crippen LogP contribution in [0.2, 0.25) is 0 Å². The third-order valence-corrected chi connectivity index (χ3v) is 7.64. The quantitative estimate of drug-likeness (QED) is 0.577. The van der Waals surface area contributed by atoms with Crippen molar-refractivity contribution in [1.29, 1.82) is 0 Å². The third-order valence-electron chi connectivity index (χ3n) is 4.81. The summed E-state index contributed by atoms with van der Waals surface area (Å²) in [4.78, 5) is 17.5. The molecule has 0 fully saturated rings. The second kappa shape index (κ2) is 8.75. The fraction of sp³-hybridized carbons (Fsp3) is 0.273. The molecule has 3 rings (SSSR count). The SMILES string of the molecule is Cc1ccccc1NC(=O)[C@@H](C)Sc1cc(C)c2cc(S(=O)(=O)N(C)C)ccc2n1. The number of amides is 1. The number of thioether (sulfide) groups is 1. The fourth-order valence-corrected chi connectivity index (χ4v) is 4.81. The van der Waals surface area contributed by atoms with Gasteiger partial charge in [0, 0.05) is 25.2 Å². The number of benzene rings is 2. The molecule has 0 spiro atoms. The van der Waals surface area contributed by atoms with Gasteiger partial charge in [-0.15, -0.1) is 0 Å². The van der Waals surface area contributed by atoms with Gasteiger partial charge in [-0.25, -0.2) is 17.7 Å². The number of rotatable bonds is 6. The molecule has 30 heavy (non-hydrogen) atoms. The van der Waals surface area contributed by atoms with E-state index < -0.39 is 10.0 Å². The summed E-state index contributed by atoms with van der Waals surface area (Å²) in [6, 6.07) is 14.5. The molecular weight excluding hydrogens is 418 g/mol. The van der Waals surface area contributed by atoms with E-state index in [2.05, 4.69) is 10.3 Å². The molecule has 1 atom stereocenters. The van der Waals surface area contributed by atoms with Crippen molar-refractivity contribution >= 4 is 44.3 Å². The molecular formula is C22H25N3O3S2. The van der Waals surface area contributed by atoms with Gasteiger partial charge in [-0.3, -0.25) is 4.79 Å². The first kappa shape index (κ1) is 22.3. The van der Waals surface area contributed by atoms with Gasteiger partial charge in [-0.2, -0.15) is 0 Å². The lowest BCUT2D eigenvalue weighted by Gasteiger charge is -2.15. The number of nitrogens with zero attached hydrogens (tertiary/aromatic N) is 2. The summed E-state index contributed by atoms with van der Waals surface area (Å²) in [5.41, 5.74) is 3.41. The number of hydrogen-bond donors (Lipinski definition) is 1. The van der Waals surface area contributed by atoms with Gasteiger partial charge in [0.05, 0.1) is 20.7 Å². The lowest BCUT2D eigenvalue weighted by molar-refractivity contribution is -0.115. The van der Waals surface area contributed by atoms with Crippen LogP contribution in [0, 0.1) is 13.8 Å². The highest BCUT2D eigenvalue weighted by atomic mass is 32.2. The van der Waals surface area contributed by atoms with E-state index in [0.29, 0.717) is 5.52 Å². The number of para-hydroxylation sites is 1. The molecule has 158 valence electrons. The van der Waals surface area contributed by atoms with Crippen molar-refractivity contribution < 1.29 is 13.2 Å². The number of sulfonamides is 1. The maximum atomic E-state index is 12.6. The highest BCUT2D eigenvalue weighted by molar-refractivity contribution is 8.00. The van der Waals surface area contributed by atoms with Crippen LogP contribution in [0.5, 0.6) is 0 Å². The number of aryl methyl sites for hydroxylation is 2. The van der Waals surface area contributed by atoms with Gasteiger partial charge in [0.2, 0.25) is 15.9 Å². The third kappa shape index (κ3) is 4.66. The Labute approximate surface area is 181 Å². The molecule has 6 nitrogen and oxygen atoms in total. The maximum absolute atomic E-state index is 12.6. The van der Waals surface area contributed by atoms with Gasteiger partial charge in [-0.1, -0.05) is 30.0 Å². The van der Waals surface area contributed by atoms with Crippen molar-refractivity contribution in [1.82, 2.24) is 9.29 Å². The van der Waals surface area contributed by atoms with Crippen molar-refractivity contribution in [2.75, 3.05) is 19.4 Å². The molecule has 0 bridgehead atoms. The summed E-state index contributed by atoms with van der Waals surface area (Å²) >= 11 is 1.37. The number of hydrogen-bond acceptors (Lipinski definition) is 5. The van der Waals surface area contributed by atoms with Crippen LogP contribution in [0.3, 0.4) is 0 Å². The molecule has 8 heteroatoms. The molecule has 0 unspecified atom stereocenters. The van der Waals surface area contributed by atoms with Gasteiger partial charge in [0.15, 0.2) is 0 Å². The van der Waals surface area contributed by atoms with Crippen molar-refractivity contribution in [3.05, 3.63) is 59.7 Å². The molecule has 0 aliphatic heterocycles. The molecule has 0 radical (unpaired) electrons. The maximum Gasteiger partial charge on any atom is 0.242 e. The molecule has 3 aromatic rings. The Hall–Kier alpha value is -2.42. The number of anilines is 1. The molecule has 1 aromatic heterocycles. The lowest BCUT2D eigenvalue weighted by atomic mass is 10.1. The topological polar surface area (TPSA) is 79.4 Å². The Bertz CT molecular complexity index is 1210. The predicted octanol–water partition coefficient (Wildman–Crippen LogP) is 4.22. The number of aromatic nitrogens is 1.